The van der Waals surface area contributed by atoms with Crippen molar-refractivity contribution in [2.45, 2.75) is 39.8 Å². The van der Waals surface area contributed by atoms with E-state index in [-0.39, 0.29) is 11.8 Å². The number of likely N-dealkylation sites (N-methyl/N-ethyl adjacent to an activating group) is 1. The minimum absolute atomic E-state index is 0.0445. The quantitative estimate of drug-likeness (QED) is 0.843. The van der Waals surface area contributed by atoms with Crippen molar-refractivity contribution < 1.29 is 9.59 Å². The summed E-state index contributed by atoms with van der Waals surface area (Å²) >= 11 is 0. The molecule has 1 atom stereocenters. The fraction of sp³-hybridized carbons (Fsp3) is 0.333. The molecule has 1 N–H and O–H groups in total. The second-order valence-corrected chi connectivity index (χ2v) is 6.18. The number of hydrogen-bond donors (Lipinski definition) is 1. The van der Waals surface area contributed by atoms with Crippen LogP contribution in [0, 0.1) is 6.92 Å². The zero-order valence-corrected chi connectivity index (χ0v) is 15.2. The number of carbonyl (C=O) groups is 2. The molecule has 2 amide bonds. The Bertz CT molecular complexity index is 713. The number of nitrogens with one attached hydrogen (secondary N) is 1. The fourth-order valence-corrected chi connectivity index (χ4v) is 2.76. The van der Waals surface area contributed by atoms with Gasteiger partial charge < -0.3 is 10.2 Å². The van der Waals surface area contributed by atoms with Gasteiger partial charge in [-0.3, -0.25) is 9.59 Å². The molecule has 0 heterocycles. The van der Waals surface area contributed by atoms with Gasteiger partial charge in [-0.2, -0.15) is 0 Å². The van der Waals surface area contributed by atoms with Gasteiger partial charge in [-0.25, -0.2) is 0 Å². The van der Waals surface area contributed by atoms with Crippen LogP contribution < -0.4 is 5.32 Å². The summed E-state index contributed by atoms with van der Waals surface area (Å²) in [5.41, 5.74) is 3.09. The van der Waals surface area contributed by atoms with Gasteiger partial charge in [0.05, 0.1) is 6.42 Å². The molecule has 25 heavy (non-hydrogen) atoms. The molecule has 0 saturated heterocycles. The first-order valence-corrected chi connectivity index (χ1v) is 8.68. The van der Waals surface area contributed by atoms with E-state index in [1.807, 2.05) is 68.4 Å². The molecular formula is C21H26N2O2. The van der Waals surface area contributed by atoms with Gasteiger partial charge in [0.25, 0.3) is 0 Å². The molecule has 2 rings (SSSR count). The van der Waals surface area contributed by atoms with E-state index in [4.69, 9.17) is 0 Å². The van der Waals surface area contributed by atoms with E-state index in [9.17, 15) is 9.59 Å². The van der Waals surface area contributed by atoms with Crippen molar-refractivity contribution in [3.05, 3.63) is 71.3 Å². The van der Waals surface area contributed by atoms with E-state index < -0.39 is 6.04 Å². The van der Waals surface area contributed by atoms with Gasteiger partial charge in [-0.05, 0) is 37.5 Å². The van der Waals surface area contributed by atoms with Crippen LogP contribution in [0.4, 0.5) is 0 Å². The van der Waals surface area contributed by atoms with Crippen LogP contribution in [-0.4, -0.2) is 29.3 Å². The second-order valence-electron chi connectivity index (χ2n) is 6.18. The Labute approximate surface area is 149 Å². The number of benzene rings is 2. The molecule has 0 aliphatic rings. The summed E-state index contributed by atoms with van der Waals surface area (Å²) in [4.78, 5) is 26.9. The molecule has 0 spiro atoms. The maximum absolute atomic E-state index is 13.0. The molecule has 0 aliphatic heterocycles. The predicted molar refractivity (Wildman–Crippen MR) is 100 cm³/mol. The van der Waals surface area contributed by atoms with Crippen LogP contribution in [-0.2, 0) is 22.6 Å². The fourth-order valence-electron chi connectivity index (χ4n) is 2.76. The molecule has 2 aromatic carbocycles. The second kappa shape index (κ2) is 9.02. The highest BCUT2D eigenvalue weighted by molar-refractivity contribution is 5.88. The number of hydrogen-bond acceptors (Lipinski definition) is 2. The average Bonchev–Trinajstić information content (AvgIpc) is 2.62. The van der Waals surface area contributed by atoms with Gasteiger partial charge in [-0.1, -0.05) is 54.6 Å². The van der Waals surface area contributed by atoms with E-state index >= 15 is 0 Å². The Morgan fingerprint density at radius 3 is 2.32 bits per heavy atom. The van der Waals surface area contributed by atoms with E-state index in [2.05, 4.69) is 5.32 Å². The first kappa shape index (κ1) is 18.7. The summed E-state index contributed by atoms with van der Waals surface area (Å²) in [5.74, 6) is -0.173. The SMILES string of the molecule is CCNC(=O)[C@@H](C)N(Cc1ccccc1)C(=O)Cc1ccccc1C. The number of aryl methyl sites for hydroxylation is 1. The monoisotopic (exact) mass is 338 g/mol. The number of rotatable bonds is 7. The lowest BCUT2D eigenvalue weighted by Gasteiger charge is -2.29. The first-order chi connectivity index (χ1) is 12.0. The highest BCUT2D eigenvalue weighted by Gasteiger charge is 2.26. The summed E-state index contributed by atoms with van der Waals surface area (Å²) in [6.45, 7) is 6.63. The summed E-state index contributed by atoms with van der Waals surface area (Å²) in [6, 6.07) is 17.1. The van der Waals surface area contributed by atoms with Gasteiger partial charge in [0.15, 0.2) is 0 Å². The van der Waals surface area contributed by atoms with Gasteiger partial charge in [0.2, 0.25) is 11.8 Å². The first-order valence-electron chi connectivity index (χ1n) is 8.68. The highest BCUT2D eigenvalue weighted by atomic mass is 16.2. The van der Waals surface area contributed by atoms with E-state index in [0.29, 0.717) is 19.5 Å². The van der Waals surface area contributed by atoms with Crippen LogP contribution >= 0.6 is 0 Å². The Morgan fingerprint density at radius 1 is 1.04 bits per heavy atom. The number of nitrogens with zero attached hydrogens (tertiary/aromatic N) is 1. The van der Waals surface area contributed by atoms with Crippen molar-refractivity contribution in [3.63, 3.8) is 0 Å². The maximum Gasteiger partial charge on any atom is 0.242 e. The van der Waals surface area contributed by atoms with Gasteiger partial charge in [-0.15, -0.1) is 0 Å². The van der Waals surface area contributed by atoms with Crippen LogP contribution in [0.2, 0.25) is 0 Å². The molecule has 0 fully saturated rings. The van der Waals surface area contributed by atoms with E-state index in [0.717, 1.165) is 16.7 Å². The molecule has 0 radical (unpaired) electrons. The number of carbonyl (C=O) groups excluding carboxylic acids is 2. The van der Waals surface area contributed by atoms with Crippen molar-refractivity contribution in [1.29, 1.82) is 0 Å². The third-order valence-corrected chi connectivity index (χ3v) is 4.32. The molecule has 0 aromatic heterocycles. The topological polar surface area (TPSA) is 49.4 Å². The van der Waals surface area contributed by atoms with Crippen LogP contribution in [0.5, 0.6) is 0 Å². The predicted octanol–water partition coefficient (Wildman–Crippen LogP) is 3.09. The maximum atomic E-state index is 13.0. The van der Waals surface area contributed by atoms with Crippen LogP contribution in [0.1, 0.15) is 30.5 Å². The molecule has 0 aliphatic carbocycles. The van der Waals surface area contributed by atoms with Gasteiger partial charge in [0, 0.05) is 13.1 Å². The minimum atomic E-state index is -0.517. The lowest BCUT2D eigenvalue weighted by Crippen LogP contribution is -2.48. The van der Waals surface area contributed by atoms with Crippen LogP contribution in [0.3, 0.4) is 0 Å². The summed E-state index contributed by atoms with van der Waals surface area (Å²) in [6.07, 6.45) is 0.295. The molecule has 4 nitrogen and oxygen atoms in total. The Hall–Kier alpha value is -2.62. The van der Waals surface area contributed by atoms with Crippen LogP contribution in [0.25, 0.3) is 0 Å². The normalized spacial score (nSPS) is 11.6. The zero-order chi connectivity index (χ0) is 18.2. The van der Waals surface area contributed by atoms with E-state index in [1.54, 1.807) is 11.8 Å². The molecule has 2 aromatic rings. The van der Waals surface area contributed by atoms with Crippen molar-refractivity contribution in [2.75, 3.05) is 6.54 Å². The standard InChI is InChI=1S/C21H26N2O2/c1-4-22-21(25)17(3)23(15-18-11-6-5-7-12-18)20(24)14-19-13-9-8-10-16(19)2/h5-13,17H,4,14-15H2,1-3H3,(H,22,25)/t17-/m1/s1. The third kappa shape index (κ3) is 5.18. The van der Waals surface area contributed by atoms with Gasteiger partial charge >= 0.3 is 0 Å². The molecular weight excluding hydrogens is 312 g/mol. The smallest absolute Gasteiger partial charge is 0.242 e. The van der Waals surface area contributed by atoms with Crippen molar-refractivity contribution >= 4 is 11.8 Å². The minimum Gasteiger partial charge on any atom is -0.355 e. The largest absolute Gasteiger partial charge is 0.355 e. The Balaban J connectivity index is 2.22. The Morgan fingerprint density at radius 2 is 1.68 bits per heavy atom. The lowest BCUT2D eigenvalue weighted by molar-refractivity contribution is -0.140. The third-order valence-electron chi connectivity index (χ3n) is 4.32. The average molecular weight is 338 g/mol. The van der Waals surface area contributed by atoms with E-state index in [1.165, 1.54) is 0 Å². The molecule has 4 heteroatoms. The van der Waals surface area contributed by atoms with Crippen molar-refractivity contribution in [2.24, 2.45) is 0 Å². The van der Waals surface area contributed by atoms with Crippen LogP contribution in [0.15, 0.2) is 54.6 Å². The summed E-state index contributed by atoms with van der Waals surface area (Å²) in [5, 5.41) is 2.81. The molecule has 0 bridgehead atoms. The summed E-state index contributed by atoms with van der Waals surface area (Å²) < 4.78 is 0. The molecule has 0 unspecified atom stereocenters. The molecule has 0 saturated carbocycles. The van der Waals surface area contributed by atoms with Crippen molar-refractivity contribution in [1.82, 2.24) is 10.2 Å². The summed E-state index contributed by atoms with van der Waals surface area (Å²) in [7, 11) is 0. The van der Waals surface area contributed by atoms with Gasteiger partial charge in [0.1, 0.15) is 6.04 Å². The lowest BCUT2D eigenvalue weighted by atomic mass is 10.0. The molecule has 132 valence electrons. The highest BCUT2D eigenvalue weighted by Crippen LogP contribution is 2.14. The van der Waals surface area contributed by atoms with Crippen molar-refractivity contribution in [3.8, 4) is 0 Å². The Kier molecular flexibility index (Phi) is 6.75. The number of amides is 2. The zero-order valence-electron chi connectivity index (χ0n) is 15.2.